The number of carbonyl (C=O) groups is 1. The lowest BCUT2D eigenvalue weighted by molar-refractivity contribution is 0.0734. The number of ether oxygens (including phenoxy) is 1. The van der Waals surface area contributed by atoms with Gasteiger partial charge in [-0.1, -0.05) is 36.4 Å². The third kappa shape index (κ3) is 4.15. The van der Waals surface area contributed by atoms with Crippen LogP contribution in [-0.4, -0.2) is 24.7 Å². The molecule has 0 N–H and O–H groups in total. The van der Waals surface area contributed by atoms with Gasteiger partial charge in [0.15, 0.2) is 11.2 Å². The molecule has 4 rings (SSSR count). The van der Waals surface area contributed by atoms with E-state index in [-0.39, 0.29) is 11.2 Å². The van der Waals surface area contributed by atoms with Crippen molar-refractivity contribution < 1.29 is 9.53 Å². The van der Waals surface area contributed by atoms with Crippen molar-refractivity contribution in [3.63, 3.8) is 0 Å². The summed E-state index contributed by atoms with van der Waals surface area (Å²) in [4.78, 5) is 42.1. The minimum Gasteiger partial charge on any atom is -0.423 e. The molecule has 168 valence electrons. The van der Waals surface area contributed by atoms with Gasteiger partial charge >= 0.3 is 11.7 Å². The summed E-state index contributed by atoms with van der Waals surface area (Å²) in [6, 6.07) is 15.9. The number of aryl methyl sites for hydroxylation is 2. The average molecular weight is 444 g/mol. The molecule has 2 aromatic carbocycles. The van der Waals surface area contributed by atoms with Gasteiger partial charge < -0.3 is 9.30 Å². The van der Waals surface area contributed by atoms with E-state index in [1.165, 1.54) is 9.13 Å². The second kappa shape index (κ2) is 9.12. The predicted molar refractivity (Wildman–Crippen MR) is 127 cm³/mol. The Hall–Kier alpha value is -4.20. The molecular weight excluding hydrogens is 420 g/mol. The number of benzene rings is 2. The summed E-state index contributed by atoms with van der Waals surface area (Å²) in [6.07, 6.45) is 3.63. The molecule has 2 heterocycles. The fourth-order valence-corrected chi connectivity index (χ4v) is 3.65. The van der Waals surface area contributed by atoms with Gasteiger partial charge in [-0.2, -0.15) is 0 Å². The van der Waals surface area contributed by atoms with Crippen LogP contribution in [0.3, 0.4) is 0 Å². The van der Waals surface area contributed by atoms with Crippen LogP contribution in [0.15, 0.2) is 64.2 Å². The first-order valence-corrected chi connectivity index (χ1v) is 10.7. The standard InChI is InChI=1S/C25H24N4O4/c1-4-28-22-21(23(30)29(5-2)25(28)32)27(3)20(26-22)16-13-17-11-14-19(15-12-17)33-24(31)18-9-7-6-8-10-18/h6-16H,4-5H2,1-3H3/b16-13+. The lowest BCUT2D eigenvalue weighted by Gasteiger charge is -2.08. The molecule has 0 aliphatic carbocycles. The molecule has 0 bridgehead atoms. The van der Waals surface area contributed by atoms with Gasteiger partial charge in [-0.05, 0) is 49.8 Å². The third-order valence-corrected chi connectivity index (χ3v) is 5.43. The van der Waals surface area contributed by atoms with Gasteiger partial charge in [-0.25, -0.2) is 14.6 Å². The lowest BCUT2D eigenvalue weighted by atomic mass is 10.2. The lowest BCUT2D eigenvalue weighted by Crippen LogP contribution is -2.39. The Kier molecular flexibility index (Phi) is 6.08. The molecule has 0 saturated carbocycles. The highest BCUT2D eigenvalue weighted by Gasteiger charge is 2.17. The number of fused-ring (bicyclic) bond motifs is 1. The van der Waals surface area contributed by atoms with Crippen molar-refractivity contribution in [2.45, 2.75) is 26.9 Å². The second-order valence-corrected chi connectivity index (χ2v) is 7.44. The molecule has 0 spiro atoms. The van der Waals surface area contributed by atoms with Gasteiger partial charge in [0.05, 0.1) is 5.56 Å². The van der Waals surface area contributed by atoms with Crippen molar-refractivity contribution in [1.29, 1.82) is 0 Å². The summed E-state index contributed by atoms with van der Waals surface area (Å²) in [5.74, 6) is 0.575. The maximum absolute atomic E-state index is 12.8. The normalized spacial score (nSPS) is 11.4. The minimum absolute atomic E-state index is 0.297. The number of hydrogen-bond donors (Lipinski definition) is 0. The smallest absolute Gasteiger partial charge is 0.343 e. The first-order valence-electron chi connectivity index (χ1n) is 10.7. The van der Waals surface area contributed by atoms with Crippen LogP contribution in [-0.2, 0) is 20.1 Å². The van der Waals surface area contributed by atoms with Crippen LogP contribution in [0, 0.1) is 0 Å². The van der Waals surface area contributed by atoms with Crippen molar-refractivity contribution >= 4 is 29.3 Å². The number of carbonyl (C=O) groups excluding carboxylic acids is 1. The number of aromatic nitrogens is 4. The molecule has 0 unspecified atom stereocenters. The zero-order chi connectivity index (χ0) is 23.5. The molecule has 0 aliphatic rings. The Balaban J connectivity index is 1.60. The molecule has 4 aromatic rings. The molecule has 33 heavy (non-hydrogen) atoms. The van der Waals surface area contributed by atoms with Crippen molar-refractivity contribution in [1.82, 2.24) is 18.7 Å². The van der Waals surface area contributed by atoms with Gasteiger partial charge in [-0.3, -0.25) is 13.9 Å². The van der Waals surface area contributed by atoms with E-state index < -0.39 is 5.97 Å². The molecule has 8 nitrogen and oxygen atoms in total. The summed E-state index contributed by atoms with van der Waals surface area (Å²) in [6.45, 7) is 4.33. The average Bonchev–Trinajstić information content (AvgIpc) is 3.16. The zero-order valence-electron chi connectivity index (χ0n) is 18.7. The van der Waals surface area contributed by atoms with E-state index in [0.717, 1.165) is 5.56 Å². The predicted octanol–water partition coefficient (Wildman–Crippen LogP) is 3.33. The van der Waals surface area contributed by atoms with Gasteiger partial charge in [-0.15, -0.1) is 0 Å². The monoisotopic (exact) mass is 444 g/mol. The van der Waals surface area contributed by atoms with Crippen molar-refractivity contribution in [3.05, 3.63) is 92.4 Å². The van der Waals surface area contributed by atoms with Crippen LogP contribution in [0.1, 0.15) is 35.6 Å². The van der Waals surface area contributed by atoms with E-state index in [2.05, 4.69) is 4.98 Å². The van der Waals surface area contributed by atoms with E-state index in [4.69, 9.17) is 4.74 Å². The Bertz CT molecular complexity index is 1460. The summed E-state index contributed by atoms with van der Waals surface area (Å²) in [5, 5.41) is 0. The van der Waals surface area contributed by atoms with Gasteiger partial charge in [0.1, 0.15) is 11.6 Å². The van der Waals surface area contributed by atoms with E-state index in [9.17, 15) is 14.4 Å². The van der Waals surface area contributed by atoms with Crippen LogP contribution >= 0.6 is 0 Å². The Morgan fingerprint density at radius 1 is 0.939 bits per heavy atom. The fourth-order valence-electron chi connectivity index (χ4n) is 3.65. The molecule has 0 radical (unpaired) electrons. The summed E-state index contributed by atoms with van der Waals surface area (Å²) < 4.78 is 9.82. The molecule has 0 amide bonds. The van der Waals surface area contributed by atoms with Crippen molar-refractivity contribution in [2.75, 3.05) is 0 Å². The summed E-state index contributed by atoms with van der Waals surface area (Å²) in [7, 11) is 1.76. The highest BCUT2D eigenvalue weighted by Crippen LogP contribution is 2.17. The molecule has 0 aliphatic heterocycles. The maximum atomic E-state index is 12.8. The van der Waals surface area contributed by atoms with Crippen LogP contribution in [0.5, 0.6) is 5.75 Å². The van der Waals surface area contributed by atoms with E-state index in [1.54, 1.807) is 61.0 Å². The molecule has 8 heteroatoms. The second-order valence-electron chi connectivity index (χ2n) is 7.44. The highest BCUT2D eigenvalue weighted by atomic mass is 16.5. The molecule has 2 aromatic heterocycles. The Morgan fingerprint density at radius 3 is 2.24 bits per heavy atom. The third-order valence-electron chi connectivity index (χ3n) is 5.43. The molecule has 0 saturated heterocycles. The van der Waals surface area contributed by atoms with Gasteiger partial charge in [0.2, 0.25) is 0 Å². The number of hydrogen-bond acceptors (Lipinski definition) is 5. The van der Waals surface area contributed by atoms with Crippen molar-refractivity contribution in [2.24, 2.45) is 7.05 Å². The first-order chi connectivity index (χ1) is 15.9. The molecule has 0 atom stereocenters. The highest BCUT2D eigenvalue weighted by molar-refractivity contribution is 5.91. The van der Waals surface area contributed by atoms with Crippen LogP contribution in [0.4, 0.5) is 0 Å². The van der Waals surface area contributed by atoms with Crippen LogP contribution < -0.4 is 16.0 Å². The van der Waals surface area contributed by atoms with E-state index in [0.29, 0.717) is 41.4 Å². The zero-order valence-corrected chi connectivity index (χ0v) is 18.7. The Morgan fingerprint density at radius 2 is 1.61 bits per heavy atom. The largest absolute Gasteiger partial charge is 0.423 e. The number of imidazole rings is 1. The SMILES string of the molecule is CCn1c(=O)c2c(nc(/C=C/c3ccc(OC(=O)c4ccccc4)cc3)n2C)n(CC)c1=O. The number of esters is 1. The Labute approximate surface area is 190 Å². The number of rotatable bonds is 6. The minimum atomic E-state index is -0.418. The number of nitrogens with zero attached hydrogens (tertiary/aromatic N) is 4. The van der Waals surface area contributed by atoms with Gasteiger partial charge in [0, 0.05) is 20.1 Å². The van der Waals surface area contributed by atoms with Gasteiger partial charge in [0.25, 0.3) is 5.56 Å². The molecular formula is C25H24N4O4. The van der Waals surface area contributed by atoms with E-state index in [1.807, 2.05) is 31.2 Å². The maximum Gasteiger partial charge on any atom is 0.343 e. The fraction of sp³-hybridized carbons (Fsp3) is 0.200. The first kappa shape index (κ1) is 22.0. The topological polar surface area (TPSA) is 88.1 Å². The van der Waals surface area contributed by atoms with Crippen LogP contribution in [0.2, 0.25) is 0 Å². The van der Waals surface area contributed by atoms with Crippen LogP contribution in [0.25, 0.3) is 23.3 Å². The summed E-state index contributed by atoms with van der Waals surface area (Å²) >= 11 is 0. The quantitative estimate of drug-likeness (QED) is 0.336. The van der Waals surface area contributed by atoms with Crippen molar-refractivity contribution in [3.8, 4) is 5.75 Å². The van der Waals surface area contributed by atoms with E-state index >= 15 is 0 Å². The molecule has 0 fully saturated rings. The summed E-state index contributed by atoms with van der Waals surface area (Å²) in [5.41, 5.74) is 1.41.